The van der Waals surface area contributed by atoms with Crippen molar-refractivity contribution < 1.29 is 14.0 Å². The third-order valence-electron chi connectivity index (χ3n) is 5.37. The van der Waals surface area contributed by atoms with Crippen molar-refractivity contribution in [2.75, 3.05) is 43.4 Å². The van der Waals surface area contributed by atoms with Crippen molar-refractivity contribution in [2.24, 2.45) is 0 Å². The number of aromatic nitrogens is 3. The van der Waals surface area contributed by atoms with E-state index in [1.807, 2.05) is 41.8 Å². The van der Waals surface area contributed by atoms with Crippen LogP contribution in [-0.4, -0.2) is 70.0 Å². The molecule has 0 atom stereocenters. The highest BCUT2D eigenvalue weighted by Gasteiger charge is 2.22. The maximum Gasteiger partial charge on any atom is 0.242 e. The van der Waals surface area contributed by atoms with Crippen molar-refractivity contribution in [3.63, 3.8) is 0 Å². The molecule has 9 nitrogen and oxygen atoms in total. The first kappa shape index (κ1) is 23.2. The van der Waals surface area contributed by atoms with Crippen LogP contribution in [0.3, 0.4) is 0 Å². The number of amides is 2. The summed E-state index contributed by atoms with van der Waals surface area (Å²) in [7, 11) is 0. The second-order valence-corrected chi connectivity index (χ2v) is 8.82. The number of hydrogen-bond donors (Lipinski definition) is 1. The van der Waals surface area contributed by atoms with E-state index in [9.17, 15) is 9.59 Å². The molecule has 1 aliphatic heterocycles. The second kappa shape index (κ2) is 10.8. The Morgan fingerprint density at radius 1 is 1.12 bits per heavy atom. The Bertz CT molecular complexity index is 1080. The van der Waals surface area contributed by atoms with Gasteiger partial charge in [-0.25, -0.2) is 0 Å². The fourth-order valence-electron chi connectivity index (χ4n) is 3.60. The zero-order valence-electron chi connectivity index (χ0n) is 18.2. The molecule has 33 heavy (non-hydrogen) atoms. The van der Waals surface area contributed by atoms with Crippen molar-refractivity contribution in [3.05, 3.63) is 47.7 Å². The Morgan fingerprint density at radius 2 is 1.88 bits per heavy atom. The number of thioether (sulfide) groups is 1. The van der Waals surface area contributed by atoms with E-state index in [0.717, 1.165) is 18.8 Å². The Labute approximate surface area is 201 Å². The third-order valence-corrected chi connectivity index (χ3v) is 6.59. The number of anilines is 1. The molecular weight excluding hydrogens is 464 g/mol. The van der Waals surface area contributed by atoms with Crippen LogP contribution in [0.4, 0.5) is 5.69 Å². The van der Waals surface area contributed by atoms with Crippen LogP contribution in [0.25, 0.3) is 11.6 Å². The van der Waals surface area contributed by atoms with Gasteiger partial charge in [0.15, 0.2) is 16.7 Å². The van der Waals surface area contributed by atoms with Crippen LogP contribution in [0.1, 0.15) is 6.92 Å². The van der Waals surface area contributed by atoms with E-state index in [-0.39, 0.29) is 24.1 Å². The van der Waals surface area contributed by atoms with E-state index in [1.54, 1.807) is 17.2 Å². The van der Waals surface area contributed by atoms with Gasteiger partial charge < -0.3 is 19.5 Å². The normalized spacial score (nSPS) is 13.9. The standard InChI is InChI=1S/C22H25ClN6O3S/c1-2-29-21(18-4-3-13-32-18)25-26-22(29)33-15-19(30)24-14-20(31)28-11-9-27(10-12-28)17-7-5-16(23)6-8-17/h3-8,13H,2,9-12,14-15H2,1H3,(H,24,30). The molecule has 0 aliphatic carbocycles. The predicted molar refractivity (Wildman–Crippen MR) is 127 cm³/mol. The number of benzene rings is 1. The first-order valence-corrected chi connectivity index (χ1v) is 12.1. The molecule has 1 N–H and O–H groups in total. The molecule has 1 aliphatic rings. The second-order valence-electron chi connectivity index (χ2n) is 7.44. The Kier molecular flexibility index (Phi) is 7.56. The smallest absolute Gasteiger partial charge is 0.242 e. The SMILES string of the molecule is CCn1c(SCC(=O)NCC(=O)N2CCN(c3ccc(Cl)cc3)CC2)nnc1-c1ccco1. The van der Waals surface area contributed by atoms with Gasteiger partial charge in [0.25, 0.3) is 0 Å². The van der Waals surface area contributed by atoms with Crippen LogP contribution >= 0.6 is 23.4 Å². The van der Waals surface area contributed by atoms with Crippen LogP contribution in [0, 0.1) is 0 Å². The summed E-state index contributed by atoms with van der Waals surface area (Å²) in [6.07, 6.45) is 1.58. The predicted octanol–water partition coefficient (Wildman–Crippen LogP) is 2.77. The molecule has 4 rings (SSSR count). The molecule has 174 valence electrons. The molecule has 3 heterocycles. The maximum atomic E-state index is 12.5. The molecule has 11 heteroatoms. The fraction of sp³-hybridized carbons (Fsp3) is 0.364. The van der Waals surface area contributed by atoms with Crippen LogP contribution in [-0.2, 0) is 16.1 Å². The van der Waals surface area contributed by atoms with E-state index in [4.69, 9.17) is 16.0 Å². The third kappa shape index (κ3) is 5.69. The fourth-order valence-corrected chi connectivity index (χ4v) is 4.56. The van der Waals surface area contributed by atoms with Crippen molar-refractivity contribution in [2.45, 2.75) is 18.6 Å². The van der Waals surface area contributed by atoms with Gasteiger partial charge in [-0.3, -0.25) is 14.2 Å². The van der Waals surface area contributed by atoms with Gasteiger partial charge >= 0.3 is 0 Å². The summed E-state index contributed by atoms with van der Waals surface area (Å²) in [5, 5.41) is 12.4. The molecule has 2 aromatic heterocycles. The van der Waals surface area contributed by atoms with Gasteiger partial charge in [0.1, 0.15) is 0 Å². The van der Waals surface area contributed by atoms with E-state index in [0.29, 0.717) is 41.4 Å². The number of piperazine rings is 1. The van der Waals surface area contributed by atoms with Crippen molar-refractivity contribution in [1.29, 1.82) is 0 Å². The molecule has 0 unspecified atom stereocenters. The number of hydrogen-bond acceptors (Lipinski definition) is 7. The van der Waals surface area contributed by atoms with Gasteiger partial charge in [0.2, 0.25) is 11.8 Å². The molecule has 0 bridgehead atoms. The quantitative estimate of drug-likeness (QED) is 0.487. The summed E-state index contributed by atoms with van der Waals surface area (Å²) >= 11 is 7.23. The minimum atomic E-state index is -0.224. The van der Waals surface area contributed by atoms with Gasteiger partial charge in [-0.2, -0.15) is 0 Å². The van der Waals surface area contributed by atoms with E-state index in [2.05, 4.69) is 20.4 Å². The highest BCUT2D eigenvalue weighted by atomic mass is 35.5. The minimum absolute atomic E-state index is 0.0154. The lowest BCUT2D eigenvalue weighted by atomic mass is 10.2. The lowest BCUT2D eigenvalue weighted by Gasteiger charge is -2.36. The lowest BCUT2D eigenvalue weighted by molar-refractivity contribution is -0.132. The minimum Gasteiger partial charge on any atom is -0.461 e. The number of rotatable bonds is 8. The summed E-state index contributed by atoms with van der Waals surface area (Å²) in [4.78, 5) is 28.8. The number of carbonyl (C=O) groups is 2. The van der Waals surface area contributed by atoms with Crippen molar-refractivity contribution in [3.8, 4) is 11.6 Å². The maximum absolute atomic E-state index is 12.5. The molecule has 0 radical (unpaired) electrons. The van der Waals surface area contributed by atoms with Crippen molar-refractivity contribution >= 4 is 40.9 Å². The zero-order chi connectivity index (χ0) is 23.2. The Morgan fingerprint density at radius 3 is 2.55 bits per heavy atom. The number of furan rings is 1. The number of nitrogens with one attached hydrogen (secondary N) is 1. The molecule has 0 spiro atoms. The van der Waals surface area contributed by atoms with Crippen LogP contribution in [0.2, 0.25) is 5.02 Å². The van der Waals surface area contributed by atoms with E-state index in [1.165, 1.54) is 11.8 Å². The molecule has 1 fully saturated rings. The van der Waals surface area contributed by atoms with Crippen molar-refractivity contribution in [1.82, 2.24) is 25.0 Å². The molecule has 1 aromatic carbocycles. The number of carbonyl (C=O) groups excluding carboxylic acids is 2. The van der Waals surface area contributed by atoms with E-state index >= 15 is 0 Å². The van der Waals surface area contributed by atoms with Crippen LogP contribution < -0.4 is 10.2 Å². The molecular formula is C22H25ClN6O3S. The average Bonchev–Trinajstić information content (AvgIpc) is 3.51. The summed E-state index contributed by atoms with van der Waals surface area (Å²) in [5.41, 5.74) is 1.09. The van der Waals surface area contributed by atoms with Crippen LogP contribution in [0.5, 0.6) is 0 Å². The highest BCUT2D eigenvalue weighted by Crippen LogP contribution is 2.24. The monoisotopic (exact) mass is 488 g/mol. The Balaban J connectivity index is 1.21. The van der Waals surface area contributed by atoms with Gasteiger partial charge in [-0.1, -0.05) is 23.4 Å². The summed E-state index contributed by atoms with van der Waals surface area (Å²) < 4.78 is 7.29. The lowest BCUT2D eigenvalue weighted by Crippen LogP contribution is -2.51. The summed E-state index contributed by atoms with van der Waals surface area (Å²) in [5.74, 6) is 1.09. The van der Waals surface area contributed by atoms with Gasteiger partial charge in [-0.15, -0.1) is 10.2 Å². The van der Waals surface area contributed by atoms with Crippen LogP contribution in [0.15, 0.2) is 52.2 Å². The van der Waals surface area contributed by atoms with Gasteiger partial charge in [0.05, 0.1) is 18.6 Å². The molecule has 2 amide bonds. The summed E-state index contributed by atoms with van der Waals surface area (Å²) in [6, 6.07) is 11.3. The molecule has 3 aromatic rings. The van der Waals surface area contributed by atoms with Gasteiger partial charge in [0, 0.05) is 43.4 Å². The highest BCUT2D eigenvalue weighted by molar-refractivity contribution is 7.99. The largest absolute Gasteiger partial charge is 0.461 e. The zero-order valence-corrected chi connectivity index (χ0v) is 19.8. The first-order chi connectivity index (χ1) is 16.0. The molecule has 1 saturated heterocycles. The molecule has 0 saturated carbocycles. The number of halogens is 1. The first-order valence-electron chi connectivity index (χ1n) is 10.7. The van der Waals surface area contributed by atoms with E-state index < -0.39 is 0 Å². The number of nitrogens with zero attached hydrogens (tertiary/aromatic N) is 5. The Hall–Kier alpha value is -2.98. The summed E-state index contributed by atoms with van der Waals surface area (Å²) in [6.45, 7) is 5.31. The topological polar surface area (TPSA) is 96.5 Å². The average molecular weight is 489 g/mol. The van der Waals surface area contributed by atoms with Gasteiger partial charge in [-0.05, 0) is 43.3 Å².